The van der Waals surface area contributed by atoms with Crippen molar-refractivity contribution >= 4 is 23.4 Å². The van der Waals surface area contributed by atoms with Crippen LogP contribution in [0.25, 0.3) is 22.7 Å². The monoisotopic (exact) mass is 440 g/mol. The Hall–Kier alpha value is -2.61. The average Bonchev–Trinajstić information content (AvgIpc) is 3.36. The van der Waals surface area contributed by atoms with Crippen LogP contribution in [0.2, 0.25) is 5.02 Å². The van der Waals surface area contributed by atoms with Gasteiger partial charge in [0, 0.05) is 34.4 Å². The average molecular weight is 441 g/mol. The Balaban J connectivity index is 1.75. The molecule has 1 N–H and O–H groups in total. The van der Waals surface area contributed by atoms with Crippen LogP contribution in [0.3, 0.4) is 0 Å². The van der Waals surface area contributed by atoms with Crippen LogP contribution in [0.1, 0.15) is 26.5 Å². The van der Waals surface area contributed by atoms with Crippen LogP contribution in [0.5, 0.6) is 0 Å². The quantitative estimate of drug-likeness (QED) is 0.417. The number of hydrogen-bond donors (Lipinski definition) is 1. The Morgan fingerprint density at radius 2 is 1.87 bits per heavy atom. The van der Waals surface area contributed by atoms with E-state index in [2.05, 4.69) is 10.1 Å². The standard InChI is InChI=1S/C22H21ClN4O2S/c1-4-27-13-15(12-25-27)20-26-19(14-5-10-18(24-11-14)22(2,3)28)21(29-20)30-17-8-6-16(23)7-9-17/h5-13,28H,4H2,1-3H3. The fourth-order valence-electron chi connectivity index (χ4n) is 2.83. The first-order chi connectivity index (χ1) is 14.3. The minimum Gasteiger partial charge on any atom is -0.429 e. The van der Waals surface area contributed by atoms with Crippen LogP contribution < -0.4 is 0 Å². The summed E-state index contributed by atoms with van der Waals surface area (Å²) in [6.45, 7) is 6.20. The molecule has 0 spiro atoms. The second-order valence-corrected chi connectivity index (χ2v) is 8.77. The van der Waals surface area contributed by atoms with E-state index in [0.717, 1.165) is 22.6 Å². The Morgan fingerprint density at radius 1 is 1.10 bits per heavy atom. The lowest BCUT2D eigenvalue weighted by Crippen LogP contribution is -2.17. The van der Waals surface area contributed by atoms with E-state index in [1.165, 1.54) is 11.8 Å². The number of benzene rings is 1. The van der Waals surface area contributed by atoms with E-state index in [0.29, 0.717) is 27.4 Å². The van der Waals surface area contributed by atoms with Gasteiger partial charge in [-0.3, -0.25) is 9.67 Å². The Labute approximate surface area is 183 Å². The number of oxazole rings is 1. The highest BCUT2D eigenvalue weighted by Gasteiger charge is 2.21. The van der Waals surface area contributed by atoms with Crippen molar-refractivity contribution in [3.63, 3.8) is 0 Å². The van der Waals surface area contributed by atoms with Gasteiger partial charge in [-0.15, -0.1) is 0 Å². The van der Waals surface area contributed by atoms with Gasteiger partial charge in [-0.2, -0.15) is 5.10 Å². The smallest absolute Gasteiger partial charge is 0.231 e. The fraction of sp³-hybridized carbons (Fsp3) is 0.227. The zero-order valence-electron chi connectivity index (χ0n) is 16.8. The van der Waals surface area contributed by atoms with Crippen molar-refractivity contribution < 1.29 is 9.52 Å². The van der Waals surface area contributed by atoms with Gasteiger partial charge >= 0.3 is 0 Å². The summed E-state index contributed by atoms with van der Waals surface area (Å²) in [6.07, 6.45) is 5.35. The van der Waals surface area contributed by atoms with Crippen molar-refractivity contribution in [2.75, 3.05) is 0 Å². The molecule has 0 amide bonds. The lowest BCUT2D eigenvalue weighted by Gasteiger charge is -2.16. The summed E-state index contributed by atoms with van der Waals surface area (Å²) in [6, 6.07) is 11.2. The summed E-state index contributed by atoms with van der Waals surface area (Å²) in [4.78, 5) is 10.1. The van der Waals surface area contributed by atoms with Crippen molar-refractivity contribution in [3.8, 4) is 22.7 Å². The number of rotatable bonds is 6. The van der Waals surface area contributed by atoms with E-state index in [1.807, 2.05) is 48.1 Å². The molecule has 1 aromatic carbocycles. The first-order valence-electron chi connectivity index (χ1n) is 9.50. The lowest BCUT2D eigenvalue weighted by molar-refractivity contribution is 0.0739. The number of hydrogen-bond acceptors (Lipinski definition) is 6. The molecule has 0 unspecified atom stereocenters. The second kappa shape index (κ2) is 8.26. The highest BCUT2D eigenvalue weighted by Crippen LogP contribution is 2.39. The summed E-state index contributed by atoms with van der Waals surface area (Å²) in [5.74, 6) is 0.493. The number of aliphatic hydroxyl groups is 1. The molecular weight excluding hydrogens is 420 g/mol. The SMILES string of the molecule is CCn1cc(-c2nc(-c3ccc(C(C)(C)O)nc3)c(Sc3ccc(Cl)cc3)o2)cn1. The van der Waals surface area contributed by atoms with Crippen LogP contribution in [0.15, 0.2) is 69.4 Å². The summed E-state index contributed by atoms with van der Waals surface area (Å²) < 4.78 is 7.96. The Bertz CT molecular complexity index is 1150. The molecule has 4 aromatic rings. The third kappa shape index (κ3) is 4.43. The molecule has 3 heterocycles. The van der Waals surface area contributed by atoms with Gasteiger partial charge in [0.25, 0.3) is 0 Å². The van der Waals surface area contributed by atoms with Crippen molar-refractivity contribution in [3.05, 3.63) is 65.7 Å². The van der Waals surface area contributed by atoms with Gasteiger partial charge < -0.3 is 9.52 Å². The van der Waals surface area contributed by atoms with Crippen LogP contribution in [0.4, 0.5) is 0 Å². The summed E-state index contributed by atoms with van der Waals surface area (Å²) in [5, 5.41) is 15.8. The predicted octanol–water partition coefficient (Wildman–Crippen LogP) is 5.65. The summed E-state index contributed by atoms with van der Waals surface area (Å²) in [5.41, 5.74) is 1.87. The molecule has 0 aliphatic rings. The molecule has 0 aliphatic heterocycles. The van der Waals surface area contributed by atoms with Gasteiger partial charge in [0.2, 0.25) is 5.89 Å². The summed E-state index contributed by atoms with van der Waals surface area (Å²) >= 11 is 7.47. The van der Waals surface area contributed by atoms with E-state index < -0.39 is 5.60 Å². The van der Waals surface area contributed by atoms with Crippen molar-refractivity contribution in [2.24, 2.45) is 0 Å². The minimum absolute atomic E-state index is 0.493. The van der Waals surface area contributed by atoms with Crippen LogP contribution in [0, 0.1) is 0 Å². The number of aromatic nitrogens is 4. The van der Waals surface area contributed by atoms with Crippen LogP contribution in [-0.4, -0.2) is 24.9 Å². The van der Waals surface area contributed by atoms with Crippen molar-refractivity contribution in [1.82, 2.24) is 19.7 Å². The molecule has 0 fully saturated rings. The van der Waals surface area contributed by atoms with Crippen molar-refractivity contribution in [1.29, 1.82) is 0 Å². The molecule has 8 heteroatoms. The highest BCUT2D eigenvalue weighted by molar-refractivity contribution is 7.99. The zero-order chi connectivity index (χ0) is 21.3. The maximum atomic E-state index is 10.2. The number of aryl methyl sites for hydroxylation is 1. The van der Waals surface area contributed by atoms with E-state index in [1.54, 1.807) is 32.3 Å². The first kappa shape index (κ1) is 20.7. The van der Waals surface area contributed by atoms with Gasteiger partial charge in [0.15, 0.2) is 5.09 Å². The summed E-state index contributed by atoms with van der Waals surface area (Å²) in [7, 11) is 0. The molecule has 0 aliphatic carbocycles. The third-order valence-electron chi connectivity index (χ3n) is 4.49. The third-order valence-corrected chi connectivity index (χ3v) is 5.71. The number of halogens is 1. The van der Waals surface area contributed by atoms with Gasteiger partial charge in [-0.1, -0.05) is 11.6 Å². The predicted molar refractivity (Wildman–Crippen MR) is 117 cm³/mol. The maximum absolute atomic E-state index is 10.2. The van der Waals surface area contributed by atoms with Crippen molar-refractivity contribution in [2.45, 2.75) is 42.9 Å². The molecule has 30 heavy (non-hydrogen) atoms. The number of pyridine rings is 1. The van der Waals surface area contributed by atoms with E-state index >= 15 is 0 Å². The highest BCUT2D eigenvalue weighted by atomic mass is 35.5. The van der Waals surface area contributed by atoms with Gasteiger partial charge in [0.05, 0.1) is 17.5 Å². The molecule has 0 saturated carbocycles. The molecule has 154 valence electrons. The Morgan fingerprint density at radius 3 is 2.47 bits per heavy atom. The van der Waals surface area contributed by atoms with Gasteiger partial charge in [-0.25, -0.2) is 4.98 Å². The van der Waals surface area contributed by atoms with E-state index in [-0.39, 0.29) is 0 Å². The molecule has 0 bridgehead atoms. The van der Waals surface area contributed by atoms with Gasteiger partial charge in [0.1, 0.15) is 11.3 Å². The van der Waals surface area contributed by atoms with Gasteiger partial charge in [-0.05, 0) is 68.9 Å². The number of nitrogens with zero attached hydrogens (tertiary/aromatic N) is 4. The van der Waals surface area contributed by atoms with Crippen LogP contribution >= 0.6 is 23.4 Å². The molecule has 6 nitrogen and oxygen atoms in total. The molecular formula is C22H21ClN4O2S. The lowest BCUT2D eigenvalue weighted by atomic mass is 10.0. The molecule has 4 rings (SSSR count). The van der Waals surface area contributed by atoms with Crippen LogP contribution in [-0.2, 0) is 12.1 Å². The molecule has 0 atom stereocenters. The molecule has 3 aromatic heterocycles. The normalized spacial score (nSPS) is 11.8. The molecule has 0 radical (unpaired) electrons. The van der Waals surface area contributed by atoms with E-state index in [9.17, 15) is 5.11 Å². The van der Waals surface area contributed by atoms with E-state index in [4.69, 9.17) is 21.0 Å². The minimum atomic E-state index is -1.01. The Kier molecular flexibility index (Phi) is 5.69. The topological polar surface area (TPSA) is 77.0 Å². The second-order valence-electron chi connectivity index (χ2n) is 7.29. The fourth-order valence-corrected chi connectivity index (χ4v) is 3.83. The zero-order valence-corrected chi connectivity index (χ0v) is 18.4. The molecule has 0 saturated heterocycles. The first-order valence-corrected chi connectivity index (χ1v) is 10.7. The largest absolute Gasteiger partial charge is 0.429 e. The maximum Gasteiger partial charge on any atom is 0.231 e.